The lowest BCUT2D eigenvalue weighted by Crippen LogP contribution is -2.32. The van der Waals surface area contributed by atoms with Crippen molar-refractivity contribution in [2.24, 2.45) is 26.8 Å². The fourth-order valence-corrected chi connectivity index (χ4v) is 2.64. The third-order valence-electron chi connectivity index (χ3n) is 4.57. The van der Waals surface area contributed by atoms with E-state index in [0.29, 0.717) is 17.1 Å². The number of nitrogens with one attached hydrogen (secondary N) is 4. The standard InChI is InChI=1S/C20H28N10O3/c1-12(25-26-18(21)28-32)14-4-8-16(9-5-14)23-20(31)24-17-10-6-15(7-11-17)13(2)30(3)27-19(22)29-33/h4-11,13,32-33H,1-3H3,(H3,21,26,28)(H3,22,27,29)(H2,23,24,31)/b25-12+. The molecule has 13 nitrogen and oxygen atoms in total. The molecule has 2 aromatic carbocycles. The van der Waals surface area contributed by atoms with Gasteiger partial charge in [-0.2, -0.15) is 5.10 Å². The second kappa shape index (κ2) is 11.9. The number of nitrogens with two attached hydrogens (primary N) is 2. The van der Waals surface area contributed by atoms with E-state index in [2.05, 4.69) is 25.9 Å². The maximum Gasteiger partial charge on any atom is 0.323 e. The van der Waals surface area contributed by atoms with Crippen molar-refractivity contribution in [1.82, 2.24) is 16.0 Å². The minimum absolute atomic E-state index is 0.118. The number of amides is 2. The summed E-state index contributed by atoms with van der Waals surface area (Å²) in [6.07, 6.45) is 0. The van der Waals surface area contributed by atoms with E-state index in [-0.39, 0.29) is 18.0 Å². The Kier molecular flexibility index (Phi) is 8.96. The summed E-state index contributed by atoms with van der Waals surface area (Å²) in [5.41, 5.74) is 17.7. The Morgan fingerprint density at radius 1 is 0.909 bits per heavy atom. The van der Waals surface area contributed by atoms with Crippen molar-refractivity contribution in [3.8, 4) is 0 Å². The van der Waals surface area contributed by atoms with Gasteiger partial charge in [-0.15, -0.1) is 10.2 Å². The number of urea groups is 1. The first-order valence-corrected chi connectivity index (χ1v) is 9.76. The smallest absolute Gasteiger partial charge is 0.323 e. The highest BCUT2D eigenvalue weighted by Gasteiger charge is 2.11. The molecular weight excluding hydrogens is 428 g/mol. The van der Waals surface area contributed by atoms with Crippen LogP contribution in [0.4, 0.5) is 16.2 Å². The van der Waals surface area contributed by atoms with Crippen LogP contribution in [0.5, 0.6) is 0 Å². The first-order chi connectivity index (χ1) is 15.7. The lowest BCUT2D eigenvalue weighted by Gasteiger charge is -2.22. The van der Waals surface area contributed by atoms with Gasteiger partial charge in [0.2, 0.25) is 11.9 Å². The highest BCUT2D eigenvalue weighted by Crippen LogP contribution is 2.21. The average Bonchev–Trinajstić information content (AvgIpc) is 2.82. The molecule has 0 aliphatic carbocycles. The number of carbonyl (C=O) groups excluding carboxylic acids is 1. The fourth-order valence-electron chi connectivity index (χ4n) is 2.64. The number of hydroxylamine groups is 2. The Morgan fingerprint density at radius 2 is 1.42 bits per heavy atom. The normalized spacial score (nSPS) is 13.2. The van der Waals surface area contributed by atoms with Crippen LogP contribution in [0.15, 0.2) is 63.8 Å². The summed E-state index contributed by atoms with van der Waals surface area (Å²) in [6.45, 7) is 3.65. The minimum Gasteiger partial charge on any atom is -0.367 e. The molecule has 0 saturated heterocycles. The SMILES string of the molecule is C/C(=N\N=C(N)NO)c1ccc(NC(=O)Nc2ccc(C(C)N(C)N=C(N)NO)cc2)cc1. The van der Waals surface area contributed by atoms with Crippen LogP contribution in [0.1, 0.15) is 31.0 Å². The molecule has 0 radical (unpaired) electrons. The molecule has 2 rings (SSSR count). The summed E-state index contributed by atoms with van der Waals surface area (Å²) in [6, 6.07) is 13.7. The predicted octanol–water partition coefficient (Wildman–Crippen LogP) is 1.55. The third kappa shape index (κ3) is 7.68. The molecule has 2 amide bonds. The highest BCUT2D eigenvalue weighted by atomic mass is 16.5. The van der Waals surface area contributed by atoms with E-state index in [1.54, 1.807) is 66.3 Å². The van der Waals surface area contributed by atoms with Crippen molar-refractivity contribution in [2.75, 3.05) is 17.7 Å². The number of hydrazone groups is 1. The fraction of sp³-hybridized carbons (Fsp3) is 0.200. The molecule has 0 spiro atoms. The highest BCUT2D eigenvalue weighted by molar-refractivity contribution is 6.01. The van der Waals surface area contributed by atoms with Crippen molar-refractivity contribution in [3.63, 3.8) is 0 Å². The van der Waals surface area contributed by atoms with E-state index >= 15 is 0 Å². The van der Waals surface area contributed by atoms with Gasteiger partial charge in [-0.05, 0) is 49.2 Å². The van der Waals surface area contributed by atoms with Gasteiger partial charge in [-0.3, -0.25) is 15.4 Å². The Morgan fingerprint density at radius 3 is 1.94 bits per heavy atom. The number of guanidine groups is 2. The van der Waals surface area contributed by atoms with E-state index < -0.39 is 6.03 Å². The number of hydrogen-bond acceptors (Lipinski definition) is 7. The molecule has 0 aromatic heterocycles. The molecule has 176 valence electrons. The molecule has 10 N–H and O–H groups in total. The van der Waals surface area contributed by atoms with Crippen molar-refractivity contribution in [3.05, 3.63) is 59.7 Å². The topological polar surface area (TPSA) is 198 Å². The van der Waals surface area contributed by atoms with Gasteiger partial charge in [0.15, 0.2) is 0 Å². The van der Waals surface area contributed by atoms with Crippen LogP contribution in [0.2, 0.25) is 0 Å². The van der Waals surface area contributed by atoms with Gasteiger partial charge >= 0.3 is 6.03 Å². The van der Waals surface area contributed by atoms with Crippen LogP contribution in [-0.4, -0.2) is 46.1 Å². The van der Waals surface area contributed by atoms with Gasteiger partial charge in [-0.1, -0.05) is 24.3 Å². The molecule has 0 bridgehead atoms. The van der Waals surface area contributed by atoms with Crippen molar-refractivity contribution in [2.45, 2.75) is 19.9 Å². The molecule has 2 aromatic rings. The zero-order chi connectivity index (χ0) is 24.4. The molecule has 0 fully saturated rings. The van der Waals surface area contributed by atoms with Gasteiger partial charge in [0, 0.05) is 18.4 Å². The first kappa shape index (κ1) is 24.9. The molecule has 1 unspecified atom stereocenters. The van der Waals surface area contributed by atoms with E-state index in [1.807, 2.05) is 19.1 Å². The zero-order valence-electron chi connectivity index (χ0n) is 18.4. The van der Waals surface area contributed by atoms with E-state index in [0.717, 1.165) is 11.1 Å². The molecule has 33 heavy (non-hydrogen) atoms. The van der Waals surface area contributed by atoms with Crippen LogP contribution in [0, 0.1) is 0 Å². The zero-order valence-corrected chi connectivity index (χ0v) is 18.4. The van der Waals surface area contributed by atoms with Gasteiger partial charge in [-0.25, -0.2) is 15.8 Å². The lowest BCUT2D eigenvalue weighted by molar-refractivity contribution is 0.219. The Hall–Kier alpha value is -4.36. The lowest BCUT2D eigenvalue weighted by atomic mass is 10.1. The van der Waals surface area contributed by atoms with E-state index in [4.69, 9.17) is 21.9 Å². The van der Waals surface area contributed by atoms with E-state index in [9.17, 15) is 4.79 Å². The number of rotatable bonds is 7. The Labute approximate surface area is 190 Å². The second-order valence-electron chi connectivity index (χ2n) is 6.91. The van der Waals surface area contributed by atoms with Crippen LogP contribution in [0.3, 0.4) is 0 Å². The first-order valence-electron chi connectivity index (χ1n) is 9.76. The van der Waals surface area contributed by atoms with Crippen molar-refractivity contribution < 1.29 is 15.2 Å². The van der Waals surface area contributed by atoms with Gasteiger partial charge < -0.3 is 22.1 Å². The largest absolute Gasteiger partial charge is 0.367 e. The second-order valence-corrected chi connectivity index (χ2v) is 6.91. The molecule has 0 aliphatic heterocycles. The molecule has 13 heteroatoms. The maximum atomic E-state index is 12.3. The number of nitrogens with zero attached hydrogens (tertiary/aromatic N) is 4. The molecule has 0 heterocycles. The maximum absolute atomic E-state index is 12.3. The Bertz CT molecular complexity index is 1020. The number of hydrogen-bond donors (Lipinski definition) is 8. The summed E-state index contributed by atoms with van der Waals surface area (Å²) in [4.78, 5) is 12.3. The van der Waals surface area contributed by atoms with Crippen molar-refractivity contribution in [1.29, 1.82) is 0 Å². The summed E-state index contributed by atoms with van der Waals surface area (Å²) in [5.74, 6) is -0.344. The van der Waals surface area contributed by atoms with Crippen LogP contribution < -0.4 is 33.1 Å². The summed E-state index contributed by atoms with van der Waals surface area (Å²) < 4.78 is 0. The van der Waals surface area contributed by atoms with Gasteiger partial charge in [0.1, 0.15) is 0 Å². The Balaban J connectivity index is 1.95. The summed E-state index contributed by atoms with van der Waals surface area (Å²) in [7, 11) is 1.72. The summed E-state index contributed by atoms with van der Waals surface area (Å²) >= 11 is 0. The predicted molar refractivity (Wildman–Crippen MR) is 127 cm³/mol. The number of carbonyl (C=O) groups is 1. The van der Waals surface area contributed by atoms with Crippen molar-refractivity contribution >= 4 is 35.0 Å². The minimum atomic E-state index is -0.399. The number of anilines is 2. The van der Waals surface area contributed by atoms with Crippen LogP contribution in [-0.2, 0) is 0 Å². The molecule has 0 aliphatic rings. The monoisotopic (exact) mass is 456 g/mol. The van der Waals surface area contributed by atoms with E-state index in [1.165, 1.54) is 0 Å². The quantitative estimate of drug-likeness (QED) is 0.174. The van der Waals surface area contributed by atoms with Gasteiger partial charge in [0.25, 0.3) is 0 Å². The molecule has 1 atom stereocenters. The van der Waals surface area contributed by atoms with Gasteiger partial charge in [0.05, 0.1) is 11.8 Å². The molecule has 0 saturated carbocycles. The average molecular weight is 457 g/mol. The van der Waals surface area contributed by atoms with Crippen LogP contribution in [0.25, 0.3) is 0 Å². The third-order valence-corrected chi connectivity index (χ3v) is 4.57. The van der Waals surface area contributed by atoms with Crippen LogP contribution >= 0.6 is 0 Å². The summed E-state index contributed by atoms with van der Waals surface area (Å²) in [5, 5.41) is 35.9. The molecular formula is C20H28N10O3. The number of benzene rings is 2.